The number of anilines is 1. The largest absolute Gasteiger partial charge is 0.497 e. The van der Waals surface area contributed by atoms with Crippen molar-refractivity contribution >= 4 is 23.4 Å². The molecule has 1 fully saturated rings. The summed E-state index contributed by atoms with van der Waals surface area (Å²) < 4.78 is 5.16. The summed E-state index contributed by atoms with van der Waals surface area (Å²) >= 11 is 1.88. The number of carboxylic acids is 1. The lowest BCUT2D eigenvalue weighted by Gasteiger charge is -2.17. The van der Waals surface area contributed by atoms with Gasteiger partial charge in [-0.25, -0.2) is 4.79 Å². The number of carbonyl (C=O) groups is 1. The van der Waals surface area contributed by atoms with Crippen molar-refractivity contribution < 1.29 is 14.6 Å². The second kappa shape index (κ2) is 6.19. The van der Waals surface area contributed by atoms with Gasteiger partial charge in [-0.3, -0.25) is 0 Å². The Morgan fingerprint density at radius 1 is 1.47 bits per heavy atom. The SMILES string of the molecule is COc1ccc(C(=O)O)c(NC2CCC(SC)C2)c1. The molecule has 0 amide bonds. The number of nitrogens with one attached hydrogen (secondary N) is 1. The number of methoxy groups -OCH3 is 1. The van der Waals surface area contributed by atoms with Crippen LogP contribution in [0.5, 0.6) is 5.75 Å². The molecule has 0 heterocycles. The standard InChI is InChI=1S/C14H19NO3S/c1-18-10-4-6-12(14(16)17)13(8-10)15-9-3-5-11(7-9)19-2/h4,6,8-9,11,15H,3,5,7H2,1-2H3,(H,16,17). The van der Waals surface area contributed by atoms with Crippen molar-refractivity contribution in [3.05, 3.63) is 23.8 Å². The lowest BCUT2D eigenvalue weighted by atomic mass is 10.1. The number of rotatable bonds is 5. The Kier molecular flexibility index (Phi) is 4.58. The van der Waals surface area contributed by atoms with Crippen molar-refractivity contribution in [2.45, 2.75) is 30.6 Å². The van der Waals surface area contributed by atoms with Crippen LogP contribution in [0.15, 0.2) is 18.2 Å². The number of carboxylic acid groups (broad SMARTS) is 1. The lowest BCUT2D eigenvalue weighted by molar-refractivity contribution is 0.0698. The third-order valence-corrected chi connectivity index (χ3v) is 4.63. The van der Waals surface area contributed by atoms with Crippen LogP contribution in [-0.4, -0.2) is 35.7 Å². The fourth-order valence-corrected chi connectivity index (χ4v) is 3.26. The quantitative estimate of drug-likeness (QED) is 0.868. The second-order valence-electron chi connectivity index (χ2n) is 4.73. The van der Waals surface area contributed by atoms with Crippen LogP contribution in [0.2, 0.25) is 0 Å². The van der Waals surface area contributed by atoms with E-state index < -0.39 is 5.97 Å². The van der Waals surface area contributed by atoms with Gasteiger partial charge in [-0.1, -0.05) is 0 Å². The molecule has 0 aliphatic heterocycles. The van der Waals surface area contributed by atoms with Crippen molar-refractivity contribution in [3.8, 4) is 5.75 Å². The van der Waals surface area contributed by atoms with Crippen LogP contribution in [0.25, 0.3) is 0 Å². The van der Waals surface area contributed by atoms with E-state index in [-0.39, 0.29) is 0 Å². The zero-order valence-electron chi connectivity index (χ0n) is 11.2. The number of benzene rings is 1. The van der Waals surface area contributed by atoms with E-state index in [1.807, 2.05) is 11.8 Å². The van der Waals surface area contributed by atoms with Gasteiger partial charge in [-0.05, 0) is 37.7 Å². The summed E-state index contributed by atoms with van der Waals surface area (Å²) in [5.74, 6) is -0.239. The monoisotopic (exact) mass is 281 g/mol. The number of hydrogen-bond acceptors (Lipinski definition) is 4. The number of aromatic carboxylic acids is 1. The minimum Gasteiger partial charge on any atom is -0.497 e. The molecule has 2 unspecified atom stereocenters. The molecule has 1 aromatic carbocycles. The highest BCUT2D eigenvalue weighted by atomic mass is 32.2. The molecule has 0 saturated heterocycles. The van der Waals surface area contributed by atoms with Crippen LogP contribution in [0.1, 0.15) is 29.6 Å². The molecule has 0 radical (unpaired) electrons. The molecule has 2 rings (SSSR count). The minimum atomic E-state index is -0.912. The highest BCUT2D eigenvalue weighted by Crippen LogP contribution is 2.32. The Morgan fingerprint density at radius 3 is 2.84 bits per heavy atom. The van der Waals surface area contributed by atoms with Crippen molar-refractivity contribution in [1.82, 2.24) is 0 Å². The maximum atomic E-state index is 11.2. The van der Waals surface area contributed by atoms with Crippen LogP contribution >= 0.6 is 11.8 Å². The normalized spacial score (nSPS) is 22.2. The van der Waals surface area contributed by atoms with Crippen LogP contribution < -0.4 is 10.1 Å². The molecular weight excluding hydrogens is 262 g/mol. The Labute approximate surface area is 117 Å². The summed E-state index contributed by atoms with van der Waals surface area (Å²) in [7, 11) is 1.58. The summed E-state index contributed by atoms with van der Waals surface area (Å²) in [5, 5.41) is 13.2. The van der Waals surface area contributed by atoms with E-state index in [1.54, 1.807) is 25.3 Å². The molecule has 2 atom stereocenters. The van der Waals surface area contributed by atoms with Gasteiger partial charge in [0.15, 0.2) is 0 Å². The maximum absolute atomic E-state index is 11.2. The van der Waals surface area contributed by atoms with Crippen molar-refractivity contribution in [2.24, 2.45) is 0 Å². The van der Waals surface area contributed by atoms with Crippen LogP contribution in [0.4, 0.5) is 5.69 Å². The smallest absolute Gasteiger partial charge is 0.337 e. The number of thioether (sulfide) groups is 1. The lowest BCUT2D eigenvalue weighted by Crippen LogP contribution is -2.18. The van der Waals surface area contributed by atoms with Crippen molar-refractivity contribution in [2.75, 3.05) is 18.7 Å². The topological polar surface area (TPSA) is 58.6 Å². The van der Waals surface area contributed by atoms with Gasteiger partial charge in [0.1, 0.15) is 5.75 Å². The summed E-state index contributed by atoms with van der Waals surface area (Å²) in [6.45, 7) is 0. The van der Waals surface area contributed by atoms with Gasteiger partial charge < -0.3 is 15.2 Å². The van der Waals surface area contributed by atoms with E-state index in [1.165, 1.54) is 6.42 Å². The molecule has 2 N–H and O–H groups in total. The molecule has 1 aliphatic rings. The van der Waals surface area contributed by atoms with E-state index in [4.69, 9.17) is 4.74 Å². The molecule has 0 spiro atoms. The highest BCUT2D eigenvalue weighted by molar-refractivity contribution is 7.99. The molecule has 19 heavy (non-hydrogen) atoms. The second-order valence-corrected chi connectivity index (χ2v) is 5.87. The van der Waals surface area contributed by atoms with E-state index >= 15 is 0 Å². The van der Waals surface area contributed by atoms with Crippen LogP contribution in [0, 0.1) is 0 Å². The molecule has 5 heteroatoms. The van der Waals surface area contributed by atoms with Gasteiger partial charge in [-0.2, -0.15) is 11.8 Å². The molecule has 1 saturated carbocycles. The molecule has 4 nitrogen and oxygen atoms in total. The number of hydrogen-bond donors (Lipinski definition) is 2. The fraction of sp³-hybridized carbons (Fsp3) is 0.500. The Balaban J connectivity index is 2.16. The maximum Gasteiger partial charge on any atom is 0.337 e. The summed E-state index contributed by atoms with van der Waals surface area (Å²) in [4.78, 5) is 11.2. The zero-order chi connectivity index (χ0) is 13.8. The van der Waals surface area contributed by atoms with Crippen molar-refractivity contribution in [1.29, 1.82) is 0 Å². The Morgan fingerprint density at radius 2 is 2.26 bits per heavy atom. The van der Waals surface area contributed by atoms with E-state index in [9.17, 15) is 9.90 Å². The summed E-state index contributed by atoms with van der Waals surface area (Å²) in [5.41, 5.74) is 0.951. The zero-order valence-corrected chi connectivity index (χ0v) is 12.0. The fourth-order valence-electron chi connectivity index (χ4n) is 2.46. The van der Waals surface area contributed by atoms with Gasteiger partial charge >= 0.3 is 5.97 Å². The first-order valence-corrected chi connectivity index (χ1v) is 7.63. The Hall–Kier alpha value is -1.36. The average molecular weight is 281 g/mol. The Bertz CT molecular complexity index is 464. The predicted molar refractivity (Wildman–Crippen MR) is 78.5 cm³/mol. The summed E-state index contributed by atoms with van der Waals surface area (Å²) in [6, 6.07) is 5.37. The first-order valence-electron chi connectivity index (χ1n) is 6.34. The predicted octanol–water partition coefficient (Wildman–Crippen LogP) is 3.09. The van der Waals surface area contributed by atoms with Gasteiger partial charge in [0.25, 0.3) is 0 Å². The van der Waals surface area contributed by atoms with Gasteiger partial charge in [0.2, 0.25) is 0 Å². The van der Waals surface area contributed by atoms with Crippen LogP contribution in [0.3, 0.4) is 0 Å². The molecule has 0 bridgehead atoms. The first kappa shape index (κ1) is 14.1. The third-order valence-electron chi connectivity index (χ3n) is 3.53. The molecule has 1 aromatic rings. The minimum absolute atomic E-state index is 0.299. The third kappa shape index (κ3) is 3.35. The number of ether oxygens (including phenoxy) is 1. The highest BCUT2D eigenvalue weighted by Gasteiger charge is 2.25. The first-order chi connectivity index (χ1) is 9.13. The van der Waals surface area contributed by atoms with Gasteiger partial charge in [-0.15, -0.1) is 0 Å². The molecule has 0 aromatic heterocycles. The summed E-state index contributed by atoms with van der Waals surface area (Å²) in [6.07, 6.45) is 5.48. The molecule has 104 valence electrons. The van der Waals surface area contributed by atoms with Crippen LogP contribution in [-0.2, 0) is 0 Å². The van der Waals surface area contributed by atoms with E-state index in [0.717, 1.165) is 12.8 Å². The van der Waals surface area contributed by atoms with Gasteiger partial charge in [0.05, 0.1) is 18.4 Å². The van der Waals surface area contributed by atoms with E-state index in [2.05, 4.69) is 11.6 Å². The average Bonchev–Trinajstić information content (AvgIpc) is 2.86. The molecule has 1 aliphatic carbocycles. The molecular formula is C14H19NO3S. The van der Waals surface area contributed by atoms with E-state index in [0.29, 0.717) is 28.3 Å². The van der Waals surface area contributed by atoms with Gasteiger partial charge in [0, 0.05) is 17.4 Å². The van der Waals surface area contributed by atoms with Crippen molar-refractivity contribution in [3.63, 3.8) is 0 Å².